The molecule has 0 fully saturated rings. The number of nitrogens with zero attached hydrogens (tertiary/aromatic N) is 2. The van der Waals surface area contributed by atoms with Crippen LogP contribution in [0.2, 0.25) is 0 Å². The topological polar surface area (TPSA) is 72.9 Å². The fourth-order valence-corrected chi connectivity index (χ4v) is 1.73. The molecule has 2 aromatic rings. The van der Waals surface area contributed by atoms with Crippen molar-refractivity contribution in [1.82, 2.24) is 15.1 Å². The number of aromatic nitrogens is 2. The van der Waals surface area contributed by atoms with Crippen LogP contribution >= 0.6 is 0 Å². The van der Waals surface area contributed by atoms with Crippen molar-refractivity contribution in [1.29, 1.82) is 0 Å². The number of primary amides is 1. The van der Waals surface area contributed by atoms with Crippen molar-refractivity contribution in [3.63, 3.8) is 0 Å². The molecule has 0 bridgehead atoms. The highest BCUT2D eigenvalue weighted by Gasteiger charge is 2.03. The summed E-state index contributed by atoms with van der Waals surface area (Å²) in [6.45, 7) is 1.27. The van der Waals surface area contributed by atoms with E-state index in [1.807, 2.05) is 41.2 Å². The number of nitrogens with one attached hydrogen (secondary N) is 1. The van der Waals surface area contributed by atoms with Gasteiger partial charge in [0.1, 0.15) is 0 Å². The second kappa shape index (κ2) is 5.97. The molecule has 0 spiro atoms. The average Bonchev–Trinajstić information content (AvgIpc) is 2.88. The smallest absolute Gasteiger partial charge is 0.218 e. The van der Waals surface area contributed by atoms with Gasteiger partial charge < -0.3 is 11.1 Å². The largest absolute Gasteiger partial charge is 0.370 e. The van der Waals surface area contributed by atoms with Gasteiger partial charge in [-0.25, -0.2) is 4.68 Å². The maximum Gasteiger partial charge on any atom is 0.218 e. The highest BCUT2D eigenvalue weighted by molar-refractivity contribution is 5.73. The van der Waals surface area contributed by atoms with Gasteiger partial charge >= 0.3 is 0 Å². The third-order valence-electron chi connectivity index (χ3n) is 2.61. The van der Waals surface area contributed by atoms with Crippen LogP contribution in [0.5, 0.6) is 0 Å². The van der Waals surface area contributed by atoms with E-state index in [2.05, 4.69) is 10.4 Å². The van der Waals surface area contributed by atoms with Gasteiger partial charge in [-0.15, -0.1) is 0 Å². The van der Waals surface area contributed by atoms with E-state index in [0.717, 1.165) is 11.3 Å². The van der Waals surface area contributed by atoms with Crippen molar-refractivity contribution < 1.29 is 4.79 Å². The second-order valence-corrected chi connectivity index (χ2v) is 3.97. The molecular formula is C13H16N4O. The van der Waals surface area contributed by atoms with Gasteiger partial charge in [0, 0.05) is 31.9 Å². The number of nitrogens with two attached hydrogens (primary N) is 1. The fraction of sp³-hybridized carbons (Fsp3) is 0.231. The van der Waals surface area contributed by atoms with Crippen molar-refractivity contribution in [2.75, 3.05) is 6.54 Å². The van der Waals surface area contributed by atoms with Crippen LogP contribution in [0.3, 0.4) is 0 Å². The maximum atomic E-state index is 10.6. The van der Waals surface area contributed by atoms with Crippen LogP contribution in [0.4, 0.5) is 0 Å². The summed E-state index contributed by atoms with van der Waals surface area (Å²) >= 11 is 0. The van der Waals surface area contributed by atoms with E-state index in [9.17, 15) is 4.79 Å². The van der Waals surface area contributed by atoms with Crippen molar-refractivity contribution in [3.8, 4) is 5.69 Å². The minimum atomic E-state index is -0.289. The monoisotopic (exact) mass is 244 g/mol. The van der Waals surface area contributed by atoms with E-state index in [1.54, 1.807) is 6.20 Å². The summed E-state index contributed by atoms with van der Waals surface area (Å²) in [6, 6.07) is 9.89. The molecular weight excluding hydrogens is 228 g/mol. The first-order valence-electron chi connectivity index (χ1n) is 5.84. The molecule has 0 aliphatic carbocycles. The summed E-state index contributed by atoms with van der Waals surface area (Å²) in [5, 5.41) is 7.41. The first-order chi connectivity index (χ1) is 8.77. The Labute approximate surface area is 106 Å². The molecule has 5 nitrogen and oxygen atoms in total. The molecule has 0 saturated carbocycles. The zero-order valence-corrected chi connectivity index (χ0v) is 10.0. The van der Waals surface area contributed by atoms with Gasteiger partial charge in [-0.1, -0.05) is 18.2 Å². The molecule has 3 N–H and O–H groups in total. The molecule has 94 valence electrons. The SMILES string of the molecule is NC(=O)CCNCc1ccccc1-n1cccn1. The molecule has 0 aliphatic heterocycles. The molecule has 5 heteroatoms. The summed E-state index contributed by atoms with van der Waals surface area (Å²) in [6.07, 6.45) is 4.00. The molecule has 18 heavy (non-hydrogen) atoms. The Hall–Kier alpha value is -2.14. The van der Waals surface area contributed by atoms with Crippen LogP contribution in [0.15, 0.2) is 42.7 Å². The summed E-state index contributed by atoms with van der Waals surface area (Å²) in [7, 11) is 0. The lowest BCUT2D eigenvalue weighted by Crippen LogP contribution is -2.22. The van der Waals surface area contributed by atoms with E-state index in [1.165, 1.54) is 0 Å². The van der Waals surface area contributed by atoms with Crippen LogP contribution in [0.1, 0.15) is 12.0 Å². The number of carbonyl (C=O) groups excluding carboxylic acids is 1. The number of hydrogen-bond donors (Lipinski definition) is 2. The van der Waals surface area contributed by atoms with Crippen molar-refractivity contribution >= 4 is 5.91 Å². The number of para-hydroxylation sites is 1. The van der Waals surface area contributed by atoms with Crippen molar-refractivity contribution in [3.05, 3.63) is 48.3 Å². The van der Waals surface area contributed by atoms with Crippen LogP contribution < -0.4 is 11.1 Å². The number of rotatable bonds is 6. The Morgan fingerprint density at radius 3 is 2.89 bits per heavy atom. The summed E-state index contributed by atoms with van der Waals surface area (Å²) in [5.41, 5.74) is 7.25. The Bertz CT molecular complexity index is 507. The highest BCUT2D eigenvalue weighted by atomic mass is 16.1. The number of carbonyl (C=O) groups is 1. The number of hydrogen-bond acceptors (Lipinski definition) is 3. The zero-order chi connectivity index (χ0) is 12.8. The Morgan fingerprint density at radius 2 is 2.17 bits per heavy atom. The lowest BCUT2D eigenvalue weighted by molar-refractivity contribution is -0.117. The predicted octanol–water partition coefficient (Wildman–Crippen LogP) is 0.837. The molecule has 1 heterocycles. The van der Waals surface area contributed by atoms with Gasteiger partial charge in [-0.05, 0) is 17.7 Å². The third-order valence-corrected chi connectivity index (χ3v) is 2.61. The van der Waals surface area contributed by atoms with Crippen LogP contribution in [-0.4, -0.2) is 22.2 Å². The minimum Gasteiger partial charge on any atom is -0.370 e. The van der Waals surface area contributed by atoms with Gasteiger partial charge in [0.25, 0.3) is 0 Å². The lowest BCUT2D eigenvalue weighted by atomic mass is 10.2. The zero-order valence-electron chi connectivity index (χ0n) is 10.0. The number of benzene rings is 1. The fourth-order valence-electron chi connectivity index (χ4n) is 1.73. The molecule has 0 unspecified atom stereocenters. The summed E-state index contributed by atoms with van der Waals surface area (Å²) in [5.74, 6) is -0.289. The Morgan fingerprint density at radius 1 is 1.33 bits per heavy atom. The molecule has 0 atom stereocenters. The Balaban J connectivity index is 2.02. The van der Waals surface area contributed by atoms with E-state index < -0.39 is 0 Å². The van der Waals surface area contributed by atoms with E-state index in [4.69, 9.17) is 5.73 Å². The highest BCUT2D eigenvalue weighted by Crippen LogP contribution is 2.12. The molecule has 0 radical (unpaired) electrons. The van der Waals surface area contributed by atoms with Crippen molar-refractivity contribution in [2.45, 2.75) is 13.0 Å². The summed E-state index contributed by atoms with van der Waals surface area (Å²) in [4.78, 5) is 10.6. The normalized spacial score (nSPS) is 10.4. The van der Waals surface area contributed by atoms with Crippen LogP contribution in [0, 0.1) is 0 Å². The van der Waals surface area contributed by atoms with Gasteiger partial charge in [0.15, 0.2) is 0 Å². The maximum absolute atomic E-state index is 10.6. The molecule has 0 saturated heterocycles. The lowest BCUT2D eigenvalue weighted by Gasteiger charge is -2.10. The minimum absolute atomic E-state index is 0.289. The standard InChI is InChI=1S/C13H16N4O/c14-13(18)6-8-15-10-11-4-1-2-5-12(11)17-9-3-7-16-17/h1-5,7,9,15H,6,8,10H2,(H2,14,18). The van der Waals surface area contributed by atoms with Crippen molar-refractivity contribution in [2.24, 2.45) is 5.73 Å². The van der Waals surface area contributed by atoms with E-state index in [-0.39, 0.29) is 5.91 Å². The second-order valence-electron chi connectivity index (χ2n) is 3.97. The first-order valence-corrected chi connectivity index (χ1v) is 5.84. The Kier molecular flexibility index (Phi) is 4.09. The molecule has 1 aromatic heterocycles. The molecule has 1 aromatic carbocycles. The van der Waals surface area contributed by atoms with Gasteiger partial charge in [0.05, 0.1) is 5.69 Å². The third kappa shape index (κ3) is 3.18. The van der Waals surface area contributed by atoms with E-state index >= 15 is 0 Å². The first kappa shape index (κ1) is 12.3. The van der Waals surface area contributed by atoms with Crippen LogP contribution in [-0.2, 0) is 11.3 Å². The average molecular weight is 244 g/mol. The van der Waals surface area contributed by atoms with Gasteiger partial charge in [-0.2, -0.15) is 5.10 Å². The predicted molar refractivity (Wildman–Crippen MR) is 69.1 cm³/mol. The van der Waals surface area contributed by atoms with Crippen LogP contribution in [0.25, 0.3) is 5.69 Å². The molecule has 0 aliphatic rings. The van der Waals surface area contributed by atoms with Gasteiger partial charge in [0.2, 0.25) is 5.91 Å². The molecule has 1 amide bonds. The number of amides is 1. The van der Waals surface area contributed by atoms with E-state index in [0.29, 0.717) is 19.5 Å². The van der Waals surface area contributed by atoms with Gasteiger partial charge in [-0.3, -0.25) is 4.79 Å². The summed E-state index contributed by atoms with van der Waals surface area (Å²) < 4.78 is 1.82. The quantitative estimate of drug-likeness (QED) is 0.739. The molecule has 2 rings (SSSR count).